The Morgan fingerprint density at radius 1 is 0.450 bits per heavy atom. The lowest BCUT2D eigenvalue weighted by Gasteiger charge is -2.55. The molecular weight excluding hydrogens is 262 g/mol. The van der Waals surface area contributed by atoms with Crippen LogP contribution >= 0.6 is 0 Å². The maximum atomic E-state index is 2.95. The number of nitrogens with zero attached hydrogens (tertiary/aromatic N) is 3. The SMILES string of the molecule is C[Si](N1CCCCC1)(N1CCCCC1)N1CCCCC1. The Morgan fingerprint density at radius 2 is 0.700 bits per heavy atom. The fourth-order valence-corrected chi connectivity index (χ4v) is 9.24. The van der Waals surface area contributed by atoms with Crippen molar-refractivity contribution in [3.8, 4) is 0 Å². The van der Waals surface area contributed by atoms with Crippen LogP contribution in [0.25, 0.3) is 0 Å². The molecule has 0 unspecified atom stereocenters. The lowest BCUT2D eigenvalue weighted by molar-refractivity contribution is 0.191. The molecule has 3 heterocycles. The molecule has 20 heavy (non-hydrogen) atoms. The average molecular weight is 296 g/mol. The van der Waals surface area contributed by atoms with Crippen LogP contribution in [0.5, 0.6) is 0 Å². The molecule has 3 nitrogen and oxygen atoms in total. The molecule has 0 N–H and O–H groups in total. The van der Waals surface area contributed by atoms with E-state index in [0.29, 0.717) is 0 Å². The smallest absolute Gasteiger partial charge is 0.286 e. The van der Waals surface area contributed by atoms with E-state index in [1.54, 1.807) is 0 Å². The number of rotatable bonds is 3. The van der Waals surface area contributed by atoms with Crippen LogP contribution in [0.3, 0.4) is 0 Å². The van der Waals surface area contributed by atoms with Crippen molar-refractivity contribution in [3.05, 3.63) is 0 Å². The van der Waals surface area contributed by atoms with Gasteiger partial charge in [-0.3, -0.25) is 13.7 Å². The minimum absolute atomic E-state index is 1.37. The van der Waals surface area contributed by atoms with Crippen LogP contribution in [-0.4, -0.2) is 61.5 Å². The van der Waals surface area contributed by atoms with Crippen molar-refractivity contribution < 1.29 is 0 Å². The zero-order valence-corrected chi connectivity index (χ0v) is 14.4. The molecular formula is C16H33N3Si. The van der Waals surface area contributed by atoms with Gasteiger partial charge in [0.05, 0.1) is 0 Å². The first kappa shape index (κ1) is 15.0. The highest BCUT2D eigenvalue weighted by Crippen LogP contribution is 2.29. The zero-order valence-electron chi connectivity index (χ0n) is 13.4. The monoisotopic (exact) mass is 295 g/mol. The Hall–Kier alpha value is 0.0969. The minimum atomic E-state index is -1.55. The fourth-order valence-electron chi connectivity index (χ4n) is 4.55. The third kappa shape index (κ3) is 2.98. The van der Waals surface area contributed by atoms with Crippen LogP contribution < -0.4 is 0 Å². The summed E-state index contributed by atoms with van der Waals surface area (Å²) in [5.41, 5.74) is 0. The Kier molecular flexibility index (Phi) is 5.18. The summed E-state index contributed by atoms with van der Waals surface area (Å²) in [5.74, 6) is 0. The standard InChI is InChI=1S/C16H33N3Si/c1-20(17-11-5-2-6-12-17,18-13-7-3-8-14-18)19-15-9-4-10-16-19/h2-16H2,1H3. The van der Waals surface area contributed by atoms with Gasteiger partial charge in [-0.05, 0) is 84.3 Å². The van der Waals surface area contributed by atoms with Crippen molar-refractivity contribution >= 4 is 8.56 Å². The Labute approximate surface area is 126 Å². The second-order valence-corrected chi connectivity index (χ2v) is 11.0. The first-order valence-electron chi connectivity index (χ1n) is 9.07. The lowest BCUT2D eigenvalue weighted by Crippen LogP contribution is -2.75. The molecule has 0 aliphatic carbocycles. The lowest BCUT2D eigenvalue weighted by atomic mass is 10.2. The van der Waals surface area contributed by atoms with Gasteiger partial charge in [0.15, 0.2) is 0 Å². The zero-order chi connectivity index (χ0) is 13.8. The summed E-state index contributed by atoms with van der Waals surface area (Å²) in [7, 11) is -1.55. The molecule has 0 atom stereocenters. The highest BCUT2D eigenvalue weighted by molar-refractivity contribution is 6.70. The summed E-state index contributed by atoms with van der Waals surface area (Å²) in [6, 6.07) is 0. The molecule has 0 amide bonds. The quantitative estimate of drug-likeness (QED) is 0.741. The molecule has 0 aromatic heterocycles. The van der Waals surface area contributed by atoms with Gasteiger partial charge in [0.2, 0.25) is 0 Å². The minimum Gasteiger partial charge on any atom is -0.300 e. The molecule has 0 bridgehead atoms. The molecule has 116 valence electrons. The second-order valence-electron chi connectivity index (χ2n) is 7.11. The molecule has 3 saturated heterocycles. The van der Waals surface area contributed by atoms with E-state index in [1.807, 2.05) is 0 Å². The van der Waals surface area contributed by atoms with Gasteiger partial charge < -0.3 is 0 Å². The van der Waals surface area contributed by atoms with Gasteiger partial charge in [-0.25, -0.2) is 0 Å². The topological polar surface area (TPSA) is 9.72 Å². The highest BCUT2D eigenvalue weighted by atomic mass is 28.4. The van der Waals surface area contributed by atoms with Crippen molar-refractivity contribution in [3.63, 3.8) is 0 Å². The Morgan fingerprint density at radius 3 is 0.950 bits per heavy atom. The van der Waals surface area contributed by atoms with Crippen LogP contribution in [0.4, 0.5) is 0 Å². The van der Waals surface area contributed by atoms with E-state index in [4.69, 9.17) is 0 Å². The molecule has 0 radical (unpaired) electrons. The molecule has 0 spiro atoms. The number of piperidine rings is 3. The predicted molar refractivity (Wildman–Crippen MR) is 87.9 cm³/mol. The Bertz CT molecular complexity index is 247. The maximum Gasteiger partial charge on any atom is 0.286 e. The van der Waals surface area contributed by atoms with Crippen LogP contribution in [-0.2, 0) is 0 Å². The molecule has 3 aliphatic heterocycles. The molecule has 0 saturated carbocycles. The van der Waals surface area contributed by atoms with Crippen molar-refractivity contribution in [1.82, 2.24) is 13.7 Å². The normalized spacial score (nSPS) is 28.6. The van der Waals surface area contributed by atoms with E-state index in [2.05, 4.69) is 20.2 Å². The summed E-state index contributed by atoms with van der Waals surface area (Å²) in [4.78, 5) is 0. The van der Waals surface area contributed by atoms with Crippen LogP contribution in [0.15, 0.2) is 0 Å². The average Bonchev–Trinajstić information content (AvgIpc) is 2.56. The Balaban J connectivity index is 1.79. The van der Waals surface area contributed by atoms with Crippen molar-refractivity contribution in [1.29, 1.82) is 0 Å². The molecule has 3 rings (SSSR count). The summed E-state index contributed by atoms with van der Waals surface area (Å²) >= 11 is 0. The first-order valence-corrected chi connectivity index (χ1v) is 11.4. The largest absolute Gasteiger partial charge is 0.300 e. The van der Waals surface area contributed by atoms with Crippen LogP contribution in [0, 0.1) is 0 Å². The van der Waals surface area contributed by atoms with E-state index in [-0.39, 0.29) is 0 Å². The van der Waals surface area contributed by atoms with Gasteiger partial charge in [0.25, 0.3) is 8.56 Å². The van der Waals surface area contributed by atoms with E-state index in [9.17, 15) is 0 Å². The summed E-state index contributed by atoms with van der Waals surface area (Å²) in [6.45, 7) is 10.9. The second kappa shape index (κ2) is 6.90. The van der Waals surface area contributed by atoms with E-state index in [1.165, 1.54) is 97.1 Å². The third-order valence-corrected chi connectivity index (χ3v) is 10.8. The predicted octanol–water partition coefficient (Wildman–Crippen LogP) is 3.01. The van der Waals surface area contributed by atoms with Crippen LogP contribution in [0.1, 0.15) is 57.8 Å². The molecule has 3 fully saturated rings. The van der Waals surface area contributed by atoms with Gasteiger partial charge in [0.1, 0.15) is 0 Å². The van der Waals surface area contributed by atoms with Gasteiger partial charge in [0, 0.05) is 0 Å². The first-order chi connectivity index (χ1) is 9.82. The summed E-state index contributed by atoms with van der Waals surface area (Å²) in [5, 5.41) is 0. The van der Waals surface area contributed by atoms with Gasteiger partial charge in [-0.2, -0.15) is 0 Å². The number of hydrogen-bond donors (Lipinski definition) is 0. The van der Waals surface area contributed by atoms with Gasteiger partial charge >= 0.3 is 0 Å². The molecule has 0 aromatic rings. The summed E-state index contributed by atoms with van der Waals surface area (Å²) in [6.07, 6.45) is 13.0. The van der Waals surface area contributed by atoms with Crippen molar-refractivity contribution in [2.75, 3.05) is 39.3 Å². The van der Waals surface area contributed by atoms with Crippen LogP contribution in [0.2, 0.25) is 6.55 Å². The van der Waals surface area contributed by atoms with Crippen molar-refractivity contribution in [2.24, 2.45) is 0 Å². The molecule has 3 aliphatic rings. The maximum absolute atomic E-state index is 2.95. The number of hydrogen-bond acceptors (Lipinski definition) is 3. The molecule has 4 heteroatoms. The fraction of sp³-hybridized carbons (Fsp3) is 1.00. The highest BCUT2D eigenvalue weighted by Gasteiger charge is 2.47. The molecule has 0 aromatic carbocycles. The third-order valence-electron chi connectivity index (χ3n) is 5.87. The van der Waals surface area contributed by atoms with E-state index >= 15 is 0 Å². The van der Waals surface area contributed by atoms with Gasteiger partial charge in [-0.15, -0.1) is 0 Å². The van der Waals surface area contributed by atoms with E-state index in [0.717, 1.165) is 0 Å². The van der Waals surface area contributed by atoms with E-state index < -0.39 is 8.56 Å². The van der Waals surface area contributed by atoms with Crippen molar-refractivity contribution in [2.45, 2.75) is 64.3 Å². The van der Waals surface area contributed by atoms with Gasteiger partial charge in [-0.1, -0.05) is 19.3 Å². The summed E-state index contributed by atoms with van der Waals surface area (Å²) < 4.78 is 8.85.